The highest BCUT2D eigenvalue weighted by Gasteiger charge is 2.64. The summed E-state index contributed by atoms with van der Waals surface area (Å²) in [5.41, 5.74) is 2.95. The monoisotopic (exact) mass is 454 g/mol. The summed E-state index contributed by atoms with van der Waals surface area (Å²) in [6, 6.07) is 22.3. The summed E-state index contributed by atoms with van der Waals surface area (Å²) in [7, 11) is 0. The molecule has 0 aromatic heterocycles. The molecular formula is C27H19ClN2O3. The molecule has 3 aliphatic heterocycles. The Hall–Kier alpha value is -3.70. The van der Waals surface area contributed by atoms with Crippen LogP contribution in [-0.4, -0.2) is 28.5 Å². The van der Waals surface area contributed by atoms with Gasteiger partial charge in [-0.15, -0.1) is 0 Å². The highest BCUT2D eigenvalue weighted by Crippen LogP contribution is 2.53. The van der Waals surface area contributed by atoms with Crippen LogP contribution < -0.4 is 4.90 Å². The van der Waals surface area contributed by atoms with Crippen LogP contribution in [0, 0.1) is 11.8 Å². The van der Waals surface area contributed by atoms with E-state index in [1.165, 1.54) is 4.90 Å². The number of ketones is 1. The van der Waals surface area contributed by atoms with Gasteiger partial charge in [0.05, 0.1) is 23.6 Å². The van der Waals surface area contributed by atoms with Crippen molar-refractivity contribution >= 4 is 41.0 Å². The predicted octanol–water partition coefficient (Wildman–Crippen LogP) is 4.74. The number of halogens is 1. The van der Waals surface area contributed by atoms with Crippen LogP contribution in [0.3, 0.4) is 0 Å². The maximum absolute atomic E-state index is 13.8. The molecular weight excluding hydrogens is 436 g/mol. The van der Waals surface area contributed by atoms with E-state index in [1.54, 1.807) is 48.5 Å². The molecule has 3 aliphatic rings. The van der Waals surface area contributed by atoms with Crippen molar-refractivity contribution in [3.8, 4) is 0 Å². The molecule has 162 valence electrons. The number of rotatable bonds is 3. The zero-order valence-corrected chi connectivity index (χ0v) is 18.2. The predicted molar refractivity (Wildman–Crippen MR) is 126 cm³/mol. The van der Waals surface area contributed by atoms with E-state index in [4.69, 9.17) is 11.6 Å². The lowest BCUT2D eigenvalue weighted by molar-refractivity contribution is -0.123. The van der Waals surface area contributed by atoms with Gasteiger partial charge in [0.1, 0.15) is 6.04 Å². The first-order chi connectivity index (χ1) is 16.1. The van der Waals surface area contributed by atoms with Crippen LogP contribution in [-0.2, 0) is 9.59 Å². The zero-order chi connectivity index (χ0) is 22.7. The summed E-state index contributed by atoms with van der Waals surface area (Å²) in [4.78, 5) is 44.4. The summed E-state index contributed by atoms with van der Waals surface area (Å²) < 4.78 is 0. The van der Waals surface area contributed by atoms with Crippen molar-refractivity contribution in [2.24, 2.45) is 11.8 Å². The molecule has 4 atom stereocenters. The third-order valence-corrected chi connectivity index (χ3v) is 7.13. The van der Waals surface area contributed by atoms with Gasteiger partial charge in [-0.3, -0.25) is 14.4 Å². The molecule has 3 aromatic rings. The van der Waals surface area contributed by atoms with Crippen LogP contribution in [0.1, 0.15) is 27.5 Å². The molecule has 0 radical (unpaired) electrons. The minimum absolute atomic E-state index is 0.191. The van der Waals surface area contributed by atoms with E-state index in [0.29, 0.717) is 16.3 Å². The molecule has 3 heterocycles. The fourth-order valence-corrected chi connectivity index (χ4v) is 5.60. The van der Waals surface area contributed by atoms with Crippen molar-refractivity contribution < 1.29 is 14.4 Å². The van der Waals surface area contributed by atoms with E-state index >= 15 is 0 Å². The minimum Gasteiger partial charge on any atom is -0.358 e. The van der Waals surface area contributed by atoms with Crippen molar-refractivity contribution in [3.05, 3.63) is 107 Å². The number of benzene rings is 3. The molecule has 2 fully saturated rings. The first-order valence-corrected chi connectivity index (χ1v) is 11.2. The molecule has 3 aromatic carbocycles. The number of Topliss-reactive ketones (excluding diaryl/α,β-unsaturated/α-hetero) is 1. The van der Waals surface area contributed by atoms with Crippen molar-refractivity contribution in [1.82, 2.24) is 4.90 Å². The first kappa shape index (κ1) is 19.9. The second-order valence-electron chi connectivity index (χ2n) is 8.55. The maximum atomic E-state index is 13.8. The standard InChI is InChI=1S/C27H19ClN2O3/c28-18-12-10-17(11-13-18)25(31)24-22-21(23-20-9-5-4-6-16(20)14-15-29(23)24)26(32)30(27(22)33)19-7-2-1-3-8-19/h1-15,21-24H. The molecule has 0 spiro atoms. The van der Waals surface area contributed by atoms with Crippen LogP contribution in [0.25, 0.3) is 6.08 Å². The van der Waals surface area contributed by atoms with Gasteiger partial charge in [0.15, 0.2) is 5.78 Å². The fraction of sp³-hybridized carbons (Fsp3) is 0.148. The second-order valence-corrected chi connectivity index (χ2v) is 8.99. The average Bonchev–Trinajstić information content (AvgIpc) is 3.32. The van der Waals surface area contributed by atoms with Gasteiger partial charge in [-0.1, -0.05) is 54.1 Å². The van der Waals surface area contributed by atoms with E-state index in [9.17, 15) is 14.4 Å². The normalized spacial score (nSPS) is 25.1. The highest BCUT2D eigenvalue weighted by atomic mass is 35.5. The largest absolute Gasteiger partial charge is 0.358 e. The lowest BCUT2D eigenvalue weighted by Crippen LogP contribution is -2.44. The molecule has 0 saturated carbocycles. The van der Waals surface area contributed by atoms with E-state index in [-0.39, 0.29) is 23.6 Å². The second kappa shape index (κ2) is 7.42. The Morgan fingerprint density at radius 1 is 0.788 bits per heavy atom. The number of amides is 2. The highest BCUT2D eigenvalue weighted by molar-refractivity contribution is 6.30. The third kappa shape index (κ3) is 2.89. The number of para-hydroxylation sites is 1. The maximum Gasteiger partial charge on any atom is 0.240 e. The molecule has 0 aliphatic carbocycles. The van der Waals surface area contributed by atoms with E-state index in [0.717, 1.165) is 11.1 Å². The average molecular weight is 455 g/mol. The van der Waals surface area contributed by atoms with Crippen LogP contribution >= 0.6 is 11.6 Å². The van der Waals surface area contributed by atoms with Crippen molar-refractivity contribution in [2.45, 2.75) is 12.1 Å². The van der Waals surface area contributed by atoms with E-state index in [2.05, 4.69) is 0 Å². The molecule has 4 unspecified atom stereocenters. The Bertz CT molecular complexity index is 1320. The molecule has 6 rings (SSSR count). The lowest BCUT2D eigenvalue weighted by atomic mass is 9.83. The van der Waals surface area contributed by atoms with E-state index < -0.39 is 17.9 Å². The smallest absolute Gasteiger partial charge is 0.240 e. The summed E-state index contributed by atoms with van der Waals surface area (Å²) >= 11 is 6.02. The molecule has 0 N–H and O–H groups in total. The Morgan fingerprint density at radius 3 is 2.21 bits per heavy atom. The fourth-order valence-electron chi connectivity index (χ4n) is 5.47. The van der Waals surface area contributed by atoms with Gasteiger partial charge in [-0.05, 0) is 53.6 Å². The van der Waals surface area contributed by atoms with Gasteiger partial charge in [0.2, 0.25) is 11.8 Å². The Balaban J connectivity index is 1.50. The number of fused-ring (bicyclic) bond motifs is 5. The SMILES string of the molecule is O=C(c1ccc(Cl)cc1)C1C2C(=O)N(c3ccccc3)C(=O)C2C2c3ccccc3C=CN12. The number of anilines is 1. The van der Waals surface area contributed by atoms with E-state index in [1.807, 2.05) is 47.5 Å². The minimum atomic E-state index is -0.782. The molecule has 33 heavy (non-hydrogen) atoms. The Morgan fingerprint density at radius 2 is 1.45 bits per heavy atom. The van der Waals surface area contributed by atoms with Crippen LogP contribution in [0.15, 0.2) is 85.1 Å². The van der Waals surface area contributed by atoms with Gasteiger partial charge in [-0.25, -0.2) is 4.90 Å². The first-order valence-electron chi connectivity index (χ1n) is 10.8. The molecule has 5 nitrogen and oxygen atoms in total. The summed E-state index contributed by atoms with van der Waals surface area (Å²) in [6.45, 7) is 0. The summed E-state index contributed by atoms with van der Waals surface area (Å²) in [5.74, 6) is -2.21. The van der Waals surface area contributed by atoms with Gasteiger partial charge in [0.25, 0.3) is 0 Å². The van der Waals surface area contributed by atoms with Crippen LogP contribution in [0.2, 0.25) is 5.02 Å². The molecule has 2 saturated heterocycles. The Kier molecular flexibility index (Phi) is 4.49. The molecule has 0 bridgehead atoms. The van der Waals surface area contributed by atoms with Gasteiger partial charge in [-0.2, -0.15) is 0 Å². The van der Waals surface area contributed by atoms with Gasteiger partial charge >= 0.3 is 0 Å². The molecule has 2 amide bonds. The molecule has 6 heteroatoms. The topological polar surface area (TPSA) is 57.7 Å². The van der Waals surface area contributed by atoms with Gasteiger partial charge < -0.3 is 4.90 Å². The van der Waals surface area contributed by atoms with Gasteiger partial charge in [0, 0.05) is 16.8 Å². The number of imide groups is 1. The lowest BCUT2D eigenvalue weighted by Gasteiger charge is -2.35. The third-order valence-electron chi connectivity index (χ3n) is 6.87. The van der Waals surface area contributed by atoms with Crippen LogP contribution in [0.4, 0.5) is 5.69 Å². The number of hydrogen-bond donors (Lipinski definition) is 0. The van der Waals surface area contributed by atoms with Crippen molar-refractivity contribution in [3.63, 3.8) is 0 Å². The number of hydrogen-bond acceptors (Lipinski definition) is 4. The summed E-state index contributed by atoms with van der Waals surface area (Å²) in [5, 5.41) is 0.530. The zero-order valence-electron chi connectivity index (χ0n) is 17.5. The number of carbonyl (C=O) groups is 3. The number of nitrogens with zero attached hydrogens (tertiary/aromatic N) is 2. The summed E-state index contributed by atoms with van der Waals surface area (Å²) in [6.07, 6.45) is 3.80. The van der Waals surface area contributed by atoms with Crippen molar-refractivity contribution in [2.75, 3.05) is 4.90 Å². The quantitative estimate of drug-likeness (QED) is 0.424. The Labute approximate surface area is 195 Å². The number of carbonyl (C=O) groups excluding carboxylic acids is 3. The van der Waals surface area contributed by atoms with Crippen molar-refractivity contribution in [1.29, 1.82) is 0 Å². The van der Waals surface area contributed by atoms with Crippen LogP contribution in [0.5, 0.6) is 0 Å².